The largest absolute Gasteiger partial charge is 0.459 e. The highest BCUT2D eigenvalue weighted by Gasteiger charge is 2.59. The van der Waals surface area contributed by atoms with Crippen LogP contribution < -0.4 is 0 Å². The first-order valence-corrected chi connectivity index (χ1v) is 13.7. The topological polar surface area (TPSA) is 98.1 Å². The normalized spacial score (nSPS) is 21.8. The number of rotatable bonds is 10. The van der Waals surface area contributed by atoms with Gasteiger partial charge in [0.15, 0.2) is 6.10 Å². The molecule has 42 heavy (non-hydrogen) atoms. The Bertz CT molecular complexity index is 1440. The highest BCUT2D eigenvalue weighted by molar-refractivity contribution is 5.90. The number of carbonyl (C=O) groups is 2. The molecule has 0 radical (unpaired) electrons. The zero-order valence-corrected chi connectivity index (χ0v) is 24.6. The van der Waals surface area contributed by atoms with Crippen molar-refractivity contribution in [2.45, 2.75) is 51.3 Å². The molecule has 1 heterocycles. The maximum absolute atomic E-state index is 13.4. The third kappa shape index (κ3) is 7.24. The molecule has 1 saturated heterocycles. The summed E-state index contributed by atoms with van der Waals surface area (Å²) in [5, 5.41) is 10.1. The molecular formula is C34H36N2O6. The van der Waals surface area contributed by atoms with Gasteiger partial charge in [0.2, 0.25) is 0 Å². The Labute approximate surface area is 247 Å². The Morgan fingerprint density at radius 2 is 1.50 bits per heavy atom. The Morgan fingerprint density at radius 1 is 0.929 bits per heavy atom. The van der Waals surface area contributed by atoms with Crippen LogP contribution in [0.15, 0.2) is 90.6 Å². The van der Waals surface area contributed by atoms with Gasteiger partial charge in [-0.1, -0.05) is 65.7 Å². The number of hydrogen-bond donors (Lipinski definition) is 0. The molecule has 4 rings (SSSR count). The molecule has 0 aromatic heterocycles. The number of nitriles is 1. The van der Waals surface area contributed by atoms with Crippen molar-refractivity contribution >= 4 is 11.9 Å². The Kier molecular flexibility index (Phi) is 9.79. The van der Waals surface area contributed by atoms with E-state index in [0.29, 0.717) is 11.1 Å². The highest BCUT2D eigenvalue weighted by atomic mass is 16.6. The lowest BCUT2D eigenvalue weighted by Gasteiger charge is -2.35. The molecule has 1 unspecified atom stereocenters. The van der Waals surface area contributed by atoms with E-state index < -0.39 is 35.9 Å². The standard InChI is InChI=1S/C34H36N2O6/c1-23-11-15-26(16-12-23)32(37)39-22-29-31(42-33(38)27-17-13-24(2)14-18-27)34(3,40-21-25-9-7-6-8-10-25)30(41-29)28(19-35)20-36(4)5/h6-18,20,29-31H,21-22H2,1-5H3/b28-20+/t29?,30-,31+,34-/m0/s1. The number of ether oxygens (including phenoxy) is 4. The van der Waals surface area contributed by atoms with Gasteiger partial charge in [-0.15, -0.1) is 0 Å². The minimum Gasteiger partial charge on any atom is -0.459 e. The second kappa shape index (κ2) is 13.5. The van der Waals surface area contributed by atoms with Crippen LogP contribution in [0.1, 0.15) is 44.3 Å². The van der Waals surface area contributed by atoms with Crippen molar-refractivity contribution in [3.05, 3.63) is 118 Å². The van der Waals surface area contributed by atoms with Crippen molar-refractivity contribution in [3.8, 4) is 6.07 Å². The predicted molar refractivity (Wildman–Crippen MR) is 158 cm³/mol. The highest BCUT2D eigenvalue weighted by Crippen LogP contribution is 2.41. The smallest absolute Gasteiger partial charge is 0.338 e. The van der Waals surface area contributed by atoms with E-state index >= 15 is 0 Å². The molecule has 0 saturated carbocycles. The van der Waals surface area contributed by atoms with Gasteiger partial charge in [-0.3, -0.25) is 0 Å². The van der Waals surface area contributed by atoms with Crippen molar-refractivity contribution in [1.29, 1.82) is 5.26 Å². The van der Waals surface area contributed by atoms with E-state index in [4.69, 9.17) is 18.9 Å². The maximum atomic E-state index is 13.4. The van der Waals surface area contributed by atoms with Crippen molar-refractivity contribution in [1.82, 2.24) is 4.90 Å². The number of carbonyl (C=O) groups excluding carboxylic acids is 2. The van der Waals surface area contributed by atoms with Crippen LogP contribution in [-0.2, 0) is 25.6 Å². The van der Waals surface area contributed by atoms with Gasteiger partial charge in [0.25, 0.3) is 0 Å². The van der Waals surface area contributed by atoms with Gasteiger partial charge in [0, 0.05) is 20.3 Å². The van der Waals surface area contributed by atoms with Crippen molar-refractivity contribution in [3.63, 3.8) is 0 Å². The fraction of sp³-hybridized carbons (Fsp3) is 0.324. The third-order valence-electron chi connectivity index (χ3n) is 7.12. The van der Waals surface area contributed by atoms with Crippen molar-refractivity contribution in [2.75, 3.05) is 20.7 Å². The molecule has 0 bridgehead atoms. The fourth-order valence-corrected chi connectivity index (χ4v) is 4.81. The number of hydrogen-bond acceptors (Lipinski definition) is 8. The van der Waals surface area contributed by atoms with Gasteiger partial charge in [0.05, 0.1) is 29.4 Å². The zero-order chi connectivity index (χ0) is 30.3. The SMILES string of the molecule is Cc1ccc(C(=O)OCC2O[C@@H](/C(C#N)=C/N(C)C)[C@](C)(OCc3ccccc3)[C@@H]2OC(=O)c2ccc(C)cc2)cc1. The lowest BCUT2D eigenvalue weighted by molar-refractivity contribution is -0.119. The second-order valence-electron chi connectivity index (χ2n) is 10.8. The van der Waals surface area contributed by atoms with Crippen molar-refractivity contribution < 1.29 is 28.5 Å². The Balaban J connectivity index is 1.69. The molecule has 8 nitrogen and oxygen atoms in total. The summed E-state index contributed by atoms with van der Waals surface area (Å²) in [4.78, 5) is 28.0. The zero-order valence-electron chi connectivity index (χ0n) is 24.6. The first-order valence-electron chi connectivity index (χ1n) is 13.7. The molecule has 218 valence electrons. The summed E-state index contributed by atoms with van der Waals surface area (Å²) in [5.74, 6) is -1.12. The van der Waals surface area contributed by atoms with Crippen LogP contribution >= 0.6 is 0 Å². The van der Waals surface area contributed by atoms with E-state index in [1.807, 2.05) is 68.4 Å². The van der Waals surface area contributed by atoms with Gasteiger partial charge >= 0.3 is 11.9 Å². The van der Waals surface area contributed by atoms with E-state index in [1.54, 1.807) is 56.4 Å². The monoisotopic (exact) mass is 568 g/mol. The molecular weight excluding hydrogens is 532 g/mol. The van der Waals surface area contributed by atoms with Gasteiger partial charge in [-0.05, 0) is 50.6 Å². The molecule has 0 aliphatic carbocycles. The van der Waals surface area contributed by atoms with E-state index in [9.17, 15) is 14.9 Å². The third-order valence-corrected chi connectivity index (χ3v) is 7.12. The summed E-state index contributed by atoms with van der Waals surface area (Å²) < 4.78 is 24.7. The molecule has 1 aliphatic rings. The van der Waals surface area contributed by atoms with Crippen LogP contribution in [0.3, 0.4) is 0 Å². The number of aryl methyl sites for hydroxylation is 2. The molecule has 3 aromatic rings. The molecule has 1 fully saturated rings. The van der Waals surface area contributed by atoms with Crippen LogP contribution in [0.5, 0.6) is 0 Å². The lowest BCUT2D eigenvalue weighted by Crippen LogP contribution is -2.51. The summed E-state index contributed by atoms with van der Waals surface area (Å²) in [6.07, 6.45) is -1.22. The number of nitrogens with zero attached hydrogens (tertiary/aromatic N) is 2. The van der Waals surface area contributed by atoms with Crippen LogP contribution in [0.25, 0.3) is 0 Å². The molecule has 8 heteroatoms. The molecule has 3 aromatic carbocycles. The minimum atomic E-state index is -1.31. The maximum Gasteiger partial charge on any atom is 0.338 e. The van der Waals surface area contributed by atoms with Gasteiger partial charge in [-0.2, -0.15) is 5.26 Å². The second-order valence-corrected chi connectivity index (χ2v) is 10.8. The van der Waals surface area contributed by atoms with E-state index in [2.05, 4.69) is 6.07 Å². The summed E-state index contributed by atoms with van der Waals surface area (Å²) in [7, 11) is 3.59. The summed E-state index contributed by atoms with van der Waals surface area (Å²) >= 11 is 0. The van der Waals surface area contributed by atoms with Crippen molar-refractivity contribution in [2.24, 2.45) is 0 Å². The van der Waals surface area contributed by atoms with Crippen LogP contribution in [0.4, 0.5) is 0 Å². The molecule has 0 amide bonds. The fourth-order valence-electron chi connectivity index (χ4n) is 4.81. The summed E-state index contributed by atoms with van der Waals surface area (Å²) in [6, 6.07) is 25.8. The lowest BCUT2D eigenvalue weighted by atomic mass is 9.88. The van der Waals surface area contributed by atoms with E-state index in [-0.39, 0.29) is 18.8 Å². The molecule has 1 aliphatic heterocycles. The summed E-state index contributed by atoms with van der Waals surface area (Å²) in [5.41, 5.74) is 2.62. The number of esters is 2. The summed E-state index contributed by atoms with van der Waals surface area (Å²) in [6.45, 7) is 5.57. The first kappa shape index (κ1) is 30.5. The molecule has 4 atom stereocenters. The first-order chi connectivity index (χ1) is 20.1. The van der Waals surface area contributed by atoms with Crippen LogP contribution in [-0.4, -0.2) is 61.5 Å². The van der Waals surface area contributed by atoms with Gasteiger partial charge in [-0.25, -0.2) is 9.59 Å². The Hall–Kier alpha value is -4.45. The quantitative estimate of drug-likeness (QED) is 0.237. The van der Waals surface area contributed by atoms with E-state index in [0.717, 1.165) is 16.7 Å². The molecule has 0 spiro atoms. The van der Waals surface area contributed by atoms with Gasteiger partial charge < -0.3 is 23.8 Å². The van der Waals surface area contributed by atoms with Crippen LogP contribution in [0, 0.1) is 25.2 Å². The number of benzene rings is 3. The average Bonchev–Trinajstić information content (AvgIpc) is 3.25. The minimum absolute atomic E-state index is 0.173. The van der Waals surface area contributed by atoms with Gasteiger partial charge in [0.1, 0.15) is 24.4 Å². The molecule has 0 N–H and O–H groups in total. The predicted octanol–water partition coefficient (Wildman–Crippen LogP) is 5.40. The van der Waals surface area contributed by atoms with Crippen LogP contribution in [0.2, 0.25) is 0 Å². The average molecular weight is 569 g/mol. The Morgan fingerprint density at radius 3 is 2.05 bits per heavy atom. The van der Waals surface area contributed by atoms with E-state index in [1.165, 1.54) is 0 Å².